The van der Waals surface area contributed by atoms with Crippen molar-refractivity contribution in [1.29, 1.82) is 0 Å². The zero-order chi connectivity index (χ0) is 8.41. The van der Waals surface area contributed by atoms with Crippen molar-refractivity contribution in [2.75, 3.05) is 7.11 Å². The van der Waals surface area contributed by atoms with E-state index in [1.54, 1.807) is 0 Å². The number of esters is 1. The topological polar surface area (TPSA) is 46.5 Å². The van der Waals surface area contributed by atoms with Gasteiger partial charge in [0.1, 0.15) is 0 Å². The zero-order valence-corrected chi connectivity index (χ0v) is 6.46. The second-order valence-corrected chi connectivity index (χ2v) is 1.41. The van der Waals surface area contributed by atoms with Crippen LogP contribution in [-0.4, -0.2) is 18.2 Å². The highest BCUT2D eigenvalue weighted by atomic mass is 16.5. The average molecular weight is 146 g/mol. The van der Waals surface area contributed by atoms with Gasteiger partial charge < -0.3 is 9.84 Å². The van der Waals surface area contributed by atoms with E-state index in [4.69, 9.17) is 5.11 Å². The van der Waals surface area contributed by atoms with Gasteiger partial charge in [0.15, 0.2) is 0 Å². The first kappa shape index (κ1) is 11.9. The van der Waals surface area contributed by atoms with Gasteiger partial charge in [0, 0.05) is 13.5 Å². The molecule has 60 valence electrons. The maximum Gasteiger partial charge on any atom is 0.310 e. The molecule has 0 atom stereocenters. The number of ether oxygens (including phenoxy) is 1. The van der Waals surface area contributed by atoms with E-state index in [9.17, 15) is 4.79 Å². The summed E-state index contributed by atoms with van der Waals surface area (Å²) in [6.07, 6.45) is 2.46. The fourth-order valence-corrected chi connectivity index (χ4v) is 0.356. The lowest BCUT2D eigenvalue weighted by Crippen LogP contribution is -1.96. The fraction of sp³-hybridized carbons (Fsp3) is 0.571. The Morgan fingerprint density at radius 1 is 1.70 bits per heavy atom. The highest BCUT2D eigenvalue weighted by Gasteiger charge is 1.94. The van der Waals surface area contributed by atoms with Gasteiger partial charge in [-0.1, -0.05) is 13.5 Å². The summed E-state index contributed by atoms with van der Waals surface area (Å²) in [5, 5.41) is 7.00. The molecule has 0 rings (SSSR count). The largest absolute Gasteiger partial charge is 0.435 e. The normalized spacial score (nSPS) is 7.10. The van der Waals surface area contributed by atoms with Crippen molar-refractivity contribution < 1.29 is 14.6 Å². The number of aliphatic hydroxyl groups excluding tert-OH is 1. The maximum atomic E-state index is 10.3. The smallest absolute Gasteiger partial charge is 0.310 e. The second-order valence-electron chi connectivity index (χ2n) is 1.41. The van der Waals surface area contributed by atoms with Crippen LogP contribution in [0.15, 0.2) is 12.8 Å². The van der Waals surface area contributed by atoms with Gasteiger partial charge >= 0.3 is 5.97 Å². The molecule has 0 unspecified atom stereocenters. The second kappa shape index (κ2) is 11.0. The van der Waals surface area contributed by atoms with E-state index >= 15 is 0 Å². The summed E-state index contributed by atoms with van der Waals surface area (Å²) in [6, 6.07) is 0. The first-order chi connectivity index (χ1) is 4.81. The van der Waals surface area contributed by atoms with Gasteiger partial charge in [0.2, 0.25) is 0 Å². The summed E-state index contributed by atoms with van der Waals surface area (Å²) in [4.78, 5) is 10.3. The average Bonchev–Trinajstić information content (AvgIpc) is 1.93. The maximum absolute atomic E-state index is 10.3. The highest BCUT2D eigenvalue weighted by Crippen LogP contribution is 1.89. The van der Waals surface area contributed by atoms with Crippen molar-refractivity contribution in [3.63, 3.8) is 0 Å². The van der Waals surface area contributed by atoms with E-state index in [1.165, 1.54) is 0 Å². The van der Waals surface area contributed by atoms with Crippen LogP contribution in [0.3, 0.4) is 0 Å². The van der Waals surface area contributed by atoms with Crippen molar-refractivity contribution in [3.8, 4) is 0 Å². The number of hydrogen-bond donors (Lipinski definition) is 1. The molecule has 0 aliphatic carbocycles. The van der Waals surface area contributed by atoms with Crippen LogP contribution in [0.4, 0.5) is 0 Å². The molecule has 0 aromatic carbocycles. The summed E-state index contributed by atoms with van der Waals surface area (Å²) in [5.74, 6) is -0.206. The SMILES string of the molecule is C=COC(=O)CCC.CO. The van der Waals surface area contributed by atoms with Gasteiger partial charge in [-0.15, -0.1) is 0 Å². The number of carbonyl (C=O) groups excluding carboxylic acids is 1. The monoisotopic (exact) mass is 146 g/mol. The summed E-state index contributed by atoms with van der Waals surface area (Å²) in [6.45, 7) is 5.16. The Morgan fingerprint density at radius 3 is 2.50 bits per heavy atom. The first-order valence-electron chi connectivity index (χ1n) is 3.06. The quantitative estimate of drug-likeness (QED) is 0.478. The zero-order valence-electron chi connectivity index (χ0n) is 6.46. The Labute approximate surface area is 61.3 Å². The Bertz CT molecular complexity index is 88.9. The van der Waals surface area contributed by atoms with Crippen molar-refractivity contribution in [3.05, 3.63) is 12.8 Å². The lowest BCUT2D eigenvalue weighted by atomic mass is 10.3. The Morgan fingerprint density at radius 2 is 2.20 bits per heavy atom. The van der Waals surface area contributed by atoms with E-state index < -0.39 is 0 Å². The summed E-state index contributed by atoms with van der Waals surface area (Å²) < 4.78 is 4.41. The highest BCUT2D eigenvalue weighted by molar-refractivity contribution is 5.69. The van der Waals surface area contributed by atoms with Crippen molar-refractivity contribution in [2.45, 2.75) is 19.8 Å². The molecule has 10 heavy (non-hydrogen) atoms. The van der Waals surface area contributed by atoms with Crippen molar-refractivity contribution in [2.24, 2.45) is 0 Å². The minimum atomic E-state index is -0.206. The molecule has 0 aliphatic rings. The molecular formula is C7H14O3. The molecule has 0 saturated heterocycles. The van der Waals surface area contributed by atoms with Crippen LogP contribution in [0.2, 0.25) is 0 Å². The molecule has 0 aliphatic heterocycles. The minimum absolute atomic E-state index is 0.206. The van der Waals surface area contributed by atoms with E-state index in [0.717, 1.165) is 19.8 Å². The van der Waals surface area contributed by atoms with Gasteiger partial charge in [0.25, 0.3) is 0 Å². The van der Waals surface area contributed by atoms with Crippen LogP contribution in [0, 0.1) is 0 Å². The third-order valence-corrected chi connectivity index (χ3v) is 0.669. The number of carbonyl (C=O) groups is 1. The van der Waals surface area contributed by atoms with Gasteiger partial charge in [-0.05, 0) is 6.42 Å². The predicted octanol–water partition coefficient (Wildman–Crippen LogP) is 1.08. The third-order valence-electron chi connectivity index (χ3n) is 0.669. The Hall–Kier alpha value is -0.830. The lowest BCUT2D eigenvalue weighted by molar-refractivity contribution is -0.137. The predicted molar refractivity (Wildman–Crippen MR) is 39.3 cm³/mol. The first-order valence-corrected chi connectivity index (χ1v) is 3.06. The molecule has 0 fully saturated rings. The van der Waals surface area contributed by atoms with Gasteiger partial charge in [0.05, 0.1) is 6.26 Å². The molecule has 0 amide bonds. The van der Waals surface area contributed by atoms with E-state index in [1.807, 2.05) is 6.92 Å². The molecule has 0 spiro atoms. The molecule has 0 aromatic rings. The molecule has 0 saturated carbocycles. The van der Waals surface area contributed by atoms with E-state index in [0.29, 0.717) is 6.42 Å². The molecule has 0 aromatic heterocycles. The summed E-state index contributed by atoms with van der Waals surface area (Å²) in [5.41, 5.74) is 0. The van der Waals surface area contributed by atoms with Crippen molar-refractivity contribution in [1.82, 2.24) is 0 Å². The van der Waals surface area contributed by atoms with Crippen molar-refractivity contribution >= 4 is 5.97 Å². The standard InChI is InChI=1S/C6H10O2.CH4O/c1-3-5-6(7)8-4-2;1-2/h4H,2-3,5H2,1H3;2H,1H3. The van der Waals surface area contributed by atoms with Gasteiger partial charge in [-0.25, -0.2) is 0 Å². The molecule has 1 N–H and O–H groups in total. The van der Waals surface area contributed by atoms with E-state index in [2.05, 4.69) is 11.3 Å². The Balaban J connectivity index is 0. The van der Waals surface area contributed by atoms with Crippen LogP contribution in [0.5, 0.6) is 0 Å². The molecular weight excluding hydrogens is 132 g/mol. The van der Waals surface area contributed by atoms with Crippen LogP contribution < -0.4 is 0 Å². The number of aliphatic hydroxyl groups is 1. The molecule has 0 radical (unpaired) electrons. The molecule has 0 bridgehead atoms. The number of rotatable bonds is 3. The van der Waals surface area contributed by atoms with E-state index in [-0.39, 0.29) is 5.97 Å². The van der Waals surface area contributed by atoms with Gasteiger partial charge in [-0.2, -0.15) is 0 Å². The van der Waals surface area contributed by atoms with Crippen LogP contribution >= 0.6 is 0 Å². The molecule has 3 heteroatoms. The molecule has 3 nitrogen and oxygen atoms in total. The minimum Gasteiger partial charge on any atom is -0.435 e. The summed E-state index contributed by atoms with van der Waals surface area (Å²) in [7, 11) is 1.00. The number of hydrogen-bond acceptors (Lipinski definition) is 3. The molecule has 0 heterocycles. The summed E-state index contributed by atoms with van der Waals surface area (Å²) >= 11 is 0. The van der Waals surface area contributed by atoms with Crippen LogP contribution in [-0.2, 0) is 9.53 Å². The third kappa shape index (κ3) is 10.2. The van der Waals surface area contributed by atoms with Crippen LogP contribution in [0.25, 0.3) is 0 Å². The van der Waals surface area contributed by atoms with Crippen LogP contribution in [0.1, 0.15) is 19.8 Å². The lowest BCUT2D eigenvalue weighted by Gasteiger charge is -1.92. The Kier molecular flexibility index (Phi) is 13.1. The van der Waals surface area contributed by atoms with Gasteiger partial charge in [-0.3, -0.25) is 4.79 Å². The fourth-order valence-electron chi connectivity index (χ4n) is 0.356.